The molecule has 0 aliphatic rings. The van der Waals surface area contributed by atoms with Gasteiger partial charge in [0.05, 0.1) is 0 Å². The summed E-state index contributed by atoms with van der Waals surface area (Å²) in [5.41, 5.74) is 0.196. The Labute approximate surface area is 132 Å². The molecule has 0 aromatic carbocycles. The van der Waals surface area contributed by atoms with E-state index in [-0.39, 0.29) is 5.97 Å². The molecule has 0 aliphatic carbocycles. The molecular weight excluding hydrogens is 260 g/mol. The maximum atomic E-state index is 11.7. The lowest BCUT2D eigenvalue weighted by atomic mass is 10.0. The Morgan fingerprint density at radius 3 is 1.71 bits per heavy atom. The normalized spacial score (nSPS) is 11.4. The fraction of sp³-hybridized carbons (Fsp3) is 0.842. The third kappa shape index (κ3) is 13.9. The van der Waals surface area contributed by atoms with Gasteiger partial charge in [-0.1, -0.05) is 71.3 Å². The molecule has 0 rings (SSSR count). The third-order valence-electron chi connectivity index (χ3n) is 3.52. The number of hydrogen-bond donors (Lipinski definition) is 0. The minimum Gasteiger partial charge on any atom is -0.457 e. The van der Waals surface area contributed by atoms with E-state index in [4.69, 9.17) is 4.74 Å². The van der Waals surface area contributed by atoms with E-state index in [9.17, 15) is 4.79 Å². The van der Waals surface area contributed by atoms with Crippen LogP contribution in [-0.4, -0.2) is 11.6 Å². The molecule has 124 valence electrons. The molecule has 0 aromatic rings. The lowest BCUT2D eigenvalue weighted by Gasteiger charge is -2.20. The van der Waals surface area contributed by atoms with Crippen LogP contribution in [0.4, 0.5) is 0 Å². The molecule has 0 radical (unpaired) electrons. The van der Waals surface area contributed by atoms with Gasteiger partial charge in [-0.2, -0.15) is 0 Å². The van der Waals surface area contributed by atoms with Crippen molar-refractivity contribution >= 4 is 5.97 Å². The highest BCUT2D eigenvalue weighted by Crippen LogP contribution is 2.16. The SMILES string of the molecule is C=C(CCCCCCCCCCCC)C(=O)OC(C)(C)C. The monoisotopic (exact) mass is 296 g/mol. The molecule has 0 N–H and O–H groups in total. The minimum atomic E-state index is -0.419. The topological polar surface area (TPSA) is 26.3 Å². The van der Waals surface area contributed by atoms with Gasteiger partial charge in [0.2, 0.25) is 0 Å². The van der Waals surface area contributed by atoms with Crippen LogP contribution in [0.15, 0.2) is 12.2 Å². The molecule has 0 atom stereocenters. The van der Waals surface area contributed by atoms with Gasteiger partial charge in [0, 0.05) is 5.57 Å². The van der Waals surface area contributed by atoms with Gasteiger partial charge in [-0.15, -0.1) is 0 Å². The molecule has 2 heteroatoms. The van der Waals surface area contributed by atoms with Crippen LogP contribution in [0.25, 0.3) is 0 Å². The van der Waals surface area contributed by atoms with Crippen LogP contribution < -0.4 is 0 Å². The molecule has 0 heterocycles. The number of esters is 1. The van der Waals surface area contributed by atoms with Crippen molar-refractivity contribution in [3.63, 3.8) is 0 Å². The second kappa shape index (κ2) is 11.8. The van der Waals surface area contributed by atoms with Gasteiger partial charge < -0.3 is 4.74 Å². The first kappa shape index (κ1) is 20.2. The Kier molecular flexibility index (Phi) is 11.4. The zero-order valence-corrected chi connectivity index (χ0v) is 14.8. The molecule has 0 aromatic heterocycles. The maximum absolute atomic E-state index is 11.7. The van der Waals surface area contributed by atoms with E-state index >= 15 is 0 Å². The van der Waals surface area contributed by atoms with Crippen LogP contribution in [0.2, 0.25) is 0 Å². The Bertz CT molecular complexity index is 286. The highest BCUT2D eigenvalue weighted by atomic mass is 16.6. The number of carbonyl (C=O) groups is 1. The zero-order valence-electron chi connectivity index (χ0n) is 14.8. The van der Waals surface area contributed by atoms with Crippen molar-refractivity contribution in [3.05, 3.63) is 12.2 Å². The van der Waals surface area contributed by atoms with Crippen LogP contribution in [0.1, 0.15) is 98.3 Å². The van der Waals surface area contributed by atoms with Crippen molar-refractivity contribution < 1.29 is 9.53 Å². The van der Waals surface area contributed by atoms with Crippen LogP contribution in [0.5, 0.6) is 0 Å². The zero-order chi connectivity index (χ0) is 16.1. The van der Waals surface area contributed by atoms with E-state index in [1.807, 2.05) is 20.8 Å². The van der Waals surface area contributed by atoms with E-state index in [0.29, 0.717) is 5.57 Å². The predicted molar refractivity (Wildman–Crippen MR) is 91.4 cm³/mol. The second-order valence-electron chi connectivity index (χ2n) is 7.04. The highest BCUT2D eigenvalue weighted by Gasteiger charge is 2.18. The number of ether oxygens (including phenoxy) is 1. The molecule has 0 aliphatic heterocycles. The molecule has 21 heavy (non-hydrogen) atoms. The van der Waals surface area contributed by atoms with Gasteiger partial charge >= 0.3 is 5.97 Å². The Morgan fingerprint density at radius 2 is 1.29 bits per heavy atom. The van der Waals surface area contributed by atoms with Gasteiger partial charge in [-0.25, -0.2) is 4.79 Å². The van der Waals surface area contributed by atoms with Crippen LogP contribution >= 0.6 is 0 Å². The molecule has 0 saturated carbocycles. The average Bonchev–Trinajstić information content (AvgIpc) is 2.38. The first-order valence-electron chi connectivity index (χ1n) is 8.78. The van der Waals surface area contributed by atoms with Crippen LogP contribution in [0.3, 0.4) is 0 Å². The molecule has 0 amide bonds. The Morgan fingerprint density at radius 1 is 0.857 bits per heavy atom. The Hall–Kier alpha value is -0.790. The van der Waals surface area contributed by atoms with Crippen molar-refractivity contribution in [2.75, 3.05) is 0 Å². The number of hydrogen-bond acceptors (Lipinski definition) is 2. The van der Waals surface area contributed by atoms with Crippen molar-refractivity contribution in [2.45, 2.75) is 104 Å². The van der Waals surface area contributed by atoms with E-state index in [2.05, 4.69) is 13.5 Å². The summed E-state index contributed by atoms with van der Waals surface area (Å²) in [4.78, 5) is 11.7. The smallest absolute Gasteiger partial charge is 0.333 e. The van der Waals surface area contributed by atoms with Gasteiger partial charge in [0.1, 0.15) is 5.60 Å². The molecule has 0 spiro atoms. The summed E-state index contributed by atoms with van der Waals surface area (Å²) in [5.74, 6) is -0.238. The standard InChI is InChI=1S/C19H36O2/c1-6-7-8-9-10-11-12-13-14-15-16-17(2)18(20)21-19(3,4)5/h2,6-16H2,1,3-5H3. The molecule has 0 bridgehead atoms. The van der Waals surface area contributed by atoms with Crippen LogP contribution in [0, 0.1) is 0 Å². The van der Waals surface area contributed by atoms with Crippen molar-refractivity contribution in [2.24, 2.45) is 0 Å². The minimum absolute atomic E-state index is 0.238. The lowest BCUT2D eigenvalue weighted by Crippen LogP contribution is -2.24. The maximum Gasteiger partial charge on any atom is 0.333 e. The second-order valence-corrected chi connectivity index (χ2v) is 7.04. The third-order valence-corrected chi connectivity index (χ3v) is 3.52. The summed E-state index contributed by atoms with van der Waals surface area (Å²) in [7, 11) is 0. The van der Waals surface area contributed by atoms with Crippen molar-refractivity contribution in [3.8, 4) is 0 Å². The highest BCUT2D eigenvalue weighted by molar-refractivity contribution is 5.87. The van der Waals surface area contributed by atoms with Gasteiger partial charge in [0.15, 0.2) is 0 Å². The summed E-state index contributed by atoms with van der Waals surface area (Å²) < 4.78 is 5.30. The molecule has 0 saturated heterocycles. The summed E-state index contributed by atoms with van der Waals surface area (Å²) >= 11 is 0. The van der Waals surface area contributed by atoms with Crippen molar-refractivity contribution in [1.82, 2.24) is 0 Å². The number of carbonyl (C=O) groups excluding carboxylic acids is 1. The first-order valence-corrected chi connectivity index (χ1v) is 8.78. The van der Waals surface area contributed by atoms with E-state index in [1.54, 1.807) is 0 Å². The summed E-state index contributed by atoms with van der Waals surface area (Å²) in [5, 5.41) is 0. The molecule has 0 fully saturated rings. The fourth-order valence-electron chi connectivity index (χ4n) is 2.28. The first-order chi connectivity index (χ1) is 9.87. The quantitative estimate of drug-likeness (QED) is 0.243. The van der Waals surface area contributed by atoms with Crippen molar-refractivity contribution in [1.29, 1.82) is 0 Å². The summed E-state index contributed by atoms with van der Waals surface area (Å²) in [6.07, 6.45) is 13.8. The lowest BCUT2D eigenvalue weighted by molar-refractivity contribution is -0.150. The van der Waals surface area contributed by atoms with E-state index in [0.717, 1.165) is 12.8 Å². The van der Waals surface area contributed by atoms with Gasteiger partial charge in [-0.05, 0) is 33.6 Å². The fourth-order valence-corrected chi connectivity index (χ4v) is 2.28. The number of rotatable bonds is 12. The van der Waals surface area contributed by atoms with Crippen LogP contribution in [-0.2, 0) is 9.53 Å². The van der Waals surface area contributed by atoms with Gasteiger partial charge in [0.25, 0.3) is 0 Å². The number of unbranched alkanes of at least 4 members (excludes halogenated alkanes) is 9. The predicted octanol–water partition coefficient (Wildman–Crippen LogP) is 6.20. The van der Waals surface area contributed by atoms with E-state index < -0.39 is 5.60 Å². The summed E-state index contributed by atoms with van der Waals surface area (Å²) in [6, 6.07) is 0. The Balaban J connectivity index is 3.42. The summed E-state index contributed by atoms with van der Waals surface area (Å²) in [6.45, 7) is 11.8. The average molecular weight is 296 g/mol. The molecule has 0 unspecified atom stereocenters. The molecular formula is C19H36O2. The van der Waals surface area contributed by atoms with Gasteiger partial charge in [-0.3, -0.25) is 0 Å². The largest absolute Gasteiger partial charge is 0.457 e. The molecule has 2 nitrogen and oxygen atoms in total. The van der Waals surface area contributed by atoms with E-state index in [1.165, 1.54) is 57.8 Å².